The third-order valence-corrected chi connectivity index (χ3v) is 3.32. The van der Waals surface area contributed by atoms with E-state index in [1.807, 2.05) is 30.3 Å². The van der Waals surface area contributed by atoms with Crippen molar-refractivity contribution in [2.75, 3.05) is 13.2 Å². The van der Waals surface area contributed by atoms with E-state index in [2.05, 4.69) is 5.32 Å². The number of unbranched alkanes of at least 4 members (excludes halogenated alkanes) is 6. The molecule has 1 rings (SSSR count). The fourth-order valence-corrected chi connectivity index (χ4v) is 2.09. The molecule has 1 amide bonds. The van der Waals surface area contributed by atoms with Crippen LogP contribution in [0.15, 0.2) is 30.3 Å². The van der Waals surface area contributed by atoms with Gasteiger partial charge in [-0.2, -0.15) is 0 Å². The van der Waals surface area contributed by atoms with Gasteiger partial charge in [-0.05, 0) is 18.4 Å². The lowest BCUT2D eigenvalue weighted by Gasteiger charge is -2.07. The van der Waals surface area contributed by atoms with E-state index in [1.165, 1.54) is 19.3 Å². The van der Waals surface area contributed by atoms with Crippen LogP contribution in [0.25, 0.3) is 0 Å². The van der Waals surface area contributed by atoms with Gasteiger partial charge in [0.25, 0.3) is 0 Å². The van der Waals surface area contributed by atoms with Gasteiger partial charge in [-0.25, -0.2) is 4.79 Å². The number of carbonyl (C=O) groups excluding carboxylic acids is 1. The van der Waals surface area contributed by atoms with Gasteiger partial charge >= 0.3 is 6.09 Å². The number of alkyl carbamates (subject to hydrolysis) is 1. The average molecular weight is 293 g/mol. The summed E-state index contributed by atoms with van der Waals surface area (Å²) in [7, 11) is 0. The summed E-state index contributed by atoms with van der Waals surface area (Å²) in [6.07, 6.45) is 7.37. The second-order valence-corrected chi connectivity index (χ2v) is 5.19. The van der Waals surface area contributed by atoms with E-state index in [-0.39, 0.29) is 6.09 Å². The molecule has 1 aromatic carbocycles. The van der Waals surface area contributed by atoms with E-state index in [9.17, 15) is 4.79 Å². The standard InChI is InChI=1S/C17H27NO3/c19-14-10-5-3-1-2-4-9-13-18-17(20)21-15-16-11-7-6-8-12-16/h6-8,11-12,19H,1-5,9-10,13-15H2,(H,18,20). The zero-order chi connectivity index (χ0) is 15.2. The third kappa shape index (κ3) is 9.91. The number of amides is 1. The molecule has 21 heavy (non-hydrogen) atoms. The van der Waals surface area contributed by atoms with E-state index < -0.39 is 0 Å². The minimum atomic E-state index is -0.346. The number of rotatable bonds is 11. The van der Waals surface area contributed by atoms with Gasteiger partial charge in [0, 0.05) is 13.2 Å². The summed E-state index contributed by atoms with van der Waals surface area (Å²) in [5, 5.41) is 11.4. The van der Waals surface area contributed by atoms with Crippen molar-refractivity contribution in [1.29, 1.82) is 0 Å². The highest BCUT2D eigenvalue weighted by molar-refractivity contribution is 5.67. The van der Waals surface area contributed by atoms with E-state index in [0.29, 0.717) is 19.8 Å². The van der Waals surface area contributed by atoms with Crippen LogP contribution in [-0.2, 0) is 11.3 Å². The maximum atomic E-state index is 11.5. The van der Waals surface area contributed by atoms with Crippen molar-refractivity contribution in [1.82, 2.24) is 5.32 Å². The highest BCUT2D eigenvalue weighted by atomic mass is 16.5. The first-order chi connectivity index (χ1) is 10.3. The topological polar surface area (TPSA) is 58.6 Å². The number of hydrogen-bond acceptors (Lipinski definition) is 3. The first-order valence-electron chi connectivity index (χ1n) is 7.88. The van der Waals surface area contributed by atoms with Gasteiger partial charge in [-0.15, -0.1) is 0 Å². The molecule has 0 fully saturated rings. The van der Waals surface area contributed by atoms with Crippen LogP contribution in [0, 0.1) is 0 Å². The number of ether oxygens (including phenoxy) is 1. The Hall–Kier alpha value is -1.55. The first-order valence-corrected chi connectivity index (χ1v) is 7.88. The summed E-state index contributed by atoms with van der Waals surface area (Å²) in [4.78, 5) is 11.5. The number of nitrogens with one attached hydrogen (secondary N) is 1. The van der Waals surface area contributed by atoms with Crippen molar-refractivity contribution >= 4 is 6.09 Å². The van der Waals surface area contributed by atoms with Crippen molar-refractivity contribution in [3.8, 4) is 0 Å². The molecule has 0 aliphatic rings. The van der Waals surface area contributed by atoms with Gasteiger partial charge in [0.15, 0.2) is 0 Å². The minimum Gasteiger partial charge on any atom is -0.445 e. The van der Waals surface area contributed by atoms with Crippen LogP contribution in [0.4, 0.5) is 4.79 Å². The Bertz CT molecular complexity index is 368. The van der Waals surface area contributed by atoms with Gasteiger partial charge in [0.2, 0.25) is 0 Å². The molecule has 0 aliphatic heterocycles. The highest BCUT2D eigenvalue weighted by Gasteiger charge is 2.01. The number of carbonyl (C=O) groups is 1. The maximum Gasteiger partial charge on any atom is 0.407 e. The van der Waals surface area contributed by atoms with Crippen LogP contribution in [0.3, 0.4) is 0 Å². The monoisotopic (exact) mass is 293 g/mol. The Balaban J connectivity index is 1.89. The van der Waals surface area contributed by atoms with Crippen LogP contribution in [0.2, 0.25) is 0 Å². The molecule has 0 aromatic heterocycles. The molecular formula is C17H27NO3. The van der Waals surface area contributed by atoms with Crippen molar-refractivity contribution in [2.24, 2.45) is 0 Å². The molecule has 118 valence electrons. The predicted molar refractivity (Wildman–Crippen MR) is 84.0 cm³/mol. The Morgan fingerprint density at radius 2 is 1.57 bits per heavy atom. The summed E-state index contributed by atoms with van der Waals surface area (Å²) in [6, 6.07) is 9.66. The van der Waals surface area contributed by atoms with Gasteiger partial charge < -0.3 is 15.2 Å². The SMILES string of the molecule is O=C(NCCCCCCCCCO)OCc1ccccc1. The zero-order valence-electron chi connectivity index (χ0n) is 12.7. The number of aliphatic hydroxyl groups excluding tert-OH is 1. The normalized spacial score (nSPS) is 10.3. The number of aliphatic hydroxyl groups is 1. The largest absolute Gasteiger partial charge is 0.445 e. The van der Waals surface area contributed by atoms with Gasteiger partial charge in [-0.1, -0.05) is 62.4 Å². The van der Waals surface area contributed by atoms with Crippen molar-refractivity contribution in [3.05, 3.63) is 35.9 Å². The van der Waals surface area contributed by atoms with Crippen molar-refractivity contribution in [2.45, 2.75) is 51.6 Å². The average Bonchev–Trinajstić information content (AvgIpc) is 2.52. The molecule has 0 aliphatic carbocycles. The van der Waals surface area contributed by atoms with E-state index in [1.54, 1.807) is 0 Å². The summed E-state index contributed by atoms with van der Waals surface area (Å²) >= 11 is 0. The fourth-order valence-electron chi connectivity index (χ4n) is 2.09. The van der Waals surface area contributed by atoms with Gasteiger partial charge in [0.05, 0.1) is 0 Å². The number of hydrogen-bond donors (Lipinski definition) is 2. The summed E-state index contributed by atoms with van der Waals surface area (Å²) < 4.78 is 5.13. The Morgan fingerprint density at radius 1 is 0.952 bits per heavy atom. The van der Waals surface area contributed by atoms with Crippen LogP contribution in [-0.4, -0.2) is 24.4 Å². The smallest absolute Gasteiger partial charge is 0.407 e. The molecule has 0 saturated heterocycles. The molecule has 0 radical (unpaired) electrons. The first kappa shape index (κ1) is 17.5. The second kappa shape index (κ2) is 12.2. The molecule has 0 heterocycles. The molecule has 4 heteroatoms. The lowest BCUT2D eigenvalue weighted by molar-refractivity contribution is 0.139. The van der Waals surface area contributed by atoms with E-state index in [4.69, 9.17) is 9.84 Å². The van der Waals surface area contributed by atoms with E-state index in [0.717, 1.165) is 31.2 Å². The molecule has 0 bridgehead atoms. The Labute approximate surface area is 127 Å². The quantitative estimate of drug-likeness (QED) is 0.612. The molecule has 0 saturated carbocycles. The third-order valence-electron chi connectivity index (χ3n) is 3.32. The van der Waals surface area contributed by atoms with Gasteiger partial charge in [0.1, 0.15) is 6.61 Å². The Morgan fingerprint density at radius 3 is 2.24 bits per heavy atom. The highest BCUT2D eigenvalue weighted by Crippen LogP contribution is 2.06. The van der Waals surface area contributed by atoms with Crippen molar-refractivity contribution < 1.29 is 14.6 Å². The van der Waals surface area contributed by atoms with Crippen LogP contribution < -0.4 is 5.32 Å². The summed E-state index contributed by atoms with van der Waals surface area (Å²) in [5.74, 6) is 0. The molecule has 0 unspecified atom stereocenters. The van der Waals surface area contributed by atoms with Crippen LogP contribution in [0.1, 0.15) is 50.5 Å². The predicted octanol–water partition coefficient (Wildman–Crippen LogP) is 3.64. The minimum absolute atomic E-state index is 0.301. The maximum absolute atomic E-state index is 11.5. The molecule has 2 N–H and O–H groups in total. The molecule has 0 spiro atoms. The second-order valence-electron chi connectivity index (χ2n) is 5.19. The lowest BCUT2D eigenvalue weighted by atomic mass is 10.1. The summed E-state index contributed by atoms with van der Waals surface area (Å²) in [5.41, 5.74) is 0.996. The van der Waals surface area contributed by atoms with Crippen LogP contribution in [0.5, 0.6) is 0 Å². The van der Waals surface area contributed by atoms with E-state index >= 15 is 0 Å². The van der Waals surface area contributed by atoms with Crippen LogP contribution >= 0.6 is 0 Å². The molecular weight excluding hydrogens is 266 g/mol. The lowest BCUT2D eigenvalue weighted by Crippen LogP contribution is -2.25. The van der Waals surface area contributed by atoms with Gasteiger partial charge in [-0.3, -0.25) is 0 Å². The zero-order valence-corrected chi connectivity index (χ0v) is 12.7. The van der Waals surface area contributed by atoms with Crippen molar-refractivity contribution in [3.63, 3.8) is 0 Å². The molecule has 0 atom stereocenters. The molecule has 4 nitrogen and oxygen atoms in total. The summed E-state index contributed by atoms with van der Waals surface area (Å²) in [6.45, 7) is 1.29. The fraction of sp³-hybridized carbons (Fsp3) is 0.588. The molecule has 1 aromatic rings. The number of benzene rings is 1. The Kier molecular flexibility index (Phi) is 10.2.